The van der Waals surface area contributed by atoms with E-state index >= 15 is 0 Å². The van der Waals surface area contributed by atoms with E-state index in [-0.39, 0.29) is 0 Å². The summed E-state index contributed by atoms with van der Waals surface area (Å²) in [6.07, 6.45) is 3.52. The van der Waals surface area contributed by atoms with Gasteiger partial charge in [-0.3, -0.25) is 4.98 Å². The van der Waals surface area contributed by atoms with Crippen LogP contribution in [0.3, 0.4) is 0 Å². The second-order valence-electron chi connectivity index (χ2n) is 3.75. The van der Waals surface area contributed by atoms with Crippen LogP contribution in [0, 0.1) is 0 Å². The van der Waals surface area contributed by atoms with E-state index in [9.17, 15) is 0 Å². The van der Waals surface area contributed by atoms with Gasteiger partial charge in [0.25, 0.3) is 0 Å². The molecule has 0 aromatic carbocycles. The summed E-state index contributed by atoms with van der Waals surface area (Å²) in [7, 11) is 0. The molecule has 2 aromatic heterocycles. The Morgan fingerprint density at radius 1 is 1.24 bits per heavy atom. The molecule has 0 bridgehead atoms. The summed E-state index contributed by atoms with van der Waals surface area (Å²) in [5, 5.41) is 4.23. The lowest BCUT2D eigenvalue weighted by Crippen LogP contribution is -2.05. The zero-order valence-corrected chi connectivity index (χ0v) is 10.5. The SMILES string of the molecule is NCCc1ccc(OCCc2ccsc2)cn1. The smallest absolute Gasteiger partial charge is 0.137 e. The van der Waals surface area contributed by atoms with Gasteiger partial charge in [0.15, 0.2) is 0 Å². The van der Waals surface area contributed by atoms with Crippen LogP contribution in [0.25, 0.3) is 0 Å². The number of hydrogen-bond donors (Lipinski definition) is 1. The summed E-state index contributed by atoms with van der Waals surface area (Å²) in [4.78, 5) is 4.28. The van der Waals surface area contributed by atoms with Crippen LogP contribution in [0.5, 0.6) is 5.75 Å². The van der Waals surface area contributed by atoms with Gasteiger partial charge in [-0.15, -0.1) is 0 Å². The van der Waals surface area contributed by atoms with Crippen molar-refractivity contribution in [1.82, 2.24) is 4.98 Å². The fourth-order valence-electron chi connectivity index (χ4n) is 1.51. The number of rotatable bonds is 6. The Morgan fingerprint density at radius 3 is 2.82 bits per heavy atom. The molecular formula is C13H16N2OS. The van der Waals surface area contributed by atoms with Crippen LogP contribution in [-0.4, -0.2) is 18.1 Å². The zero-order valence-electron chi connectivity index (χ0n) is 9.63. The molecule has 2 rings (SSSR count). The molecule has 2 heterocycles. The molecule has 3 nitrogen and oxygen atoms in total. The first-order valence-corrected chi connectivity index (χ1v) is 6.61. The van der Waals surface area contributed by atoms with E-state index in [1.165, 1.54) is 5.56 Å². The van der Waals surface area contributed by atoms with Gasteiger partial charge in [0.2, 0.25) is 0 Å². The Hall–Kier alpha value is -1.39. The second kappa shape index (κ2) is 6.37. The normalized spacial score (nSPS) is 10.4. The van der Waals surface area contributed by atoms with Crippen molar-refractivity contribution in [3.8, 4) is 5.75 Å². The van der Waals surface area contributed by atoms with Crippen LogP contribution in [0.1, 0.15) is 11.3 Å². The van der Waals surface area contributed by atoms with E-state index in [2.05, 4.69) is 21.8 Å². The number of nitrogens with zero attached hydrogens (tertiary/aromatic N) is 1. The molecule has 0 unspecified atom stereocenters. The number of nitrogens with two attached hydrogens (primary N) is 1. The predicted molar refractivity (Wildman–Crippen MR) is 70.5 cm³/mol. The van der Waals surface area contributed by atoms with Gasteiger partial charge < -0.3 is 10.5 Å². The van der Waals surface area contributed by atoms with Gasteiger partial charge in [0, 0.05) is 18.5 Å². The van der Waals surface area contributed by atoms with Crippen molar-refractivity contribution in [3.63, 3.8) is 0 Å². The highest BCUT2D eigenvalue weighted by Gasteiger charge is 1.97. The molecule has 17 heavy (non-hydrogen) atoms. The Labute approximate surface area is 105 Å². The third kappa shape index (κ3) is 3.84. The van der Waals surface area contributed by atoms with E-state index in [4.69, 9.17) is 10.5 Å². The lowest BCUT2D eigenvalue weighted by Gasteiger charge is -2.05. The highest BCUT2D eigenvalue weighted by molar-refractivity contribution is 7.07. The summed E-state index contributed by atoms with van der Waals surface area (Å²) in [6.45, 7) is 1.32. The fraction of sp³-hybridized carbons (Fsp3) is 0.308. The molecule has 0 aliphatic carbocycles. The Kier molecular flexibility index (Phi) is 4.53. The number of pyridine rings is 1. The minimum Gasteiger partial charge on any atom is -0.492 e. The quantitative estimate of drug-likeness (QED) is 0.853. The minimum atomic E-state index is 0.630. The maximum absolute atomic E-state index is 5.62. The number of thiophene rings is 1. The van der Waals surface area contributed by atoms with Crippen molar-refractivity contribution in [2.24, 2.45) is 5.73 Å². The monoisotopic (exact) mass is 248 g/mol. The van der Waals surface area contributed by atoms with Crippen LogP contribution in [0.15, 0.2) is 35.2 Å². The molecule has 0 atom stereocenters. The average molecular weight is 248 g/mol. The molecular weight excluding hydrogens is 232 g/mol. The standard InChI is InChI=1S/C13H16N2OS/c14-6-3-12-1-2-13(9-15-12)16-7-4-11-5-8-17-10-11/h1-2,5,8-10H,3-4,6-7,14H2. The highest BCUT2D eigenvalue weighted by Crippen LogP contribution is 2.11. The van der Waals surface area contributed by atoms with Gasteiger partial charge in [0.05, 0.1) is 12.8 Å². The van der Waals surface area contributed by atoms with Gasteiger partial charge in [-0.1, -0.05) is 0 Å². The van der Waals surface area contributed by atoms with E-state index < -0.39 is 0 Å². The average Bonchev–Trinajstić information content (AvgIpc) is 2.85. The van der Waals surface area contributed by atoms with Crippen molar-refractivity contribution in [2.45, 2.75) is 12.8 Å². The van der Waals surface area contributed by atoms with Crippen LogP contribution in [0.4, 0.5) is 0 Å². The fourth-order valence-corrected chi connectivity index (χ4v) is 2.22. The Balaban J connectivity index is 1.79. The first kappa shape index (κ1) is 12.1. The molecule has 0 aliphatic rings. The van der Waals surface area contributed by atoms with Crippen molar-refractivity contribution in [3.05, 3.63) is 46.4 Å². The lowest BCUT2D eigenvalue weighted by atomic mass is 10.2. The first-order chi connectivity index (χ1) is 8.38. The minimum absolute atomic E-state index is 0.630. The van der Waals surface area contributed by atoms with Gasteiger partial charge in [0.1, 0.15) is 5.75 Å². The Bertz CT molecular complexity index is 425. The molecule has 2 aromatic rings. The third-order valence-electron chi connectivity index (χ3n) is 2.44. The van der Waals surface area contributed by atoms with E-state index in [0.717, 1.165) is 24.3 Å². The van der Waals surface area contributed by atoms with Gasteiger partial charge in [-0.05, 0) is 41.1 Å². The largest absolute Gasteiger partial charge is 0.492 e. The zero-order chi connectivity index (χ0) is 11.9. The molecule has 0 saturated heterocycles. The van der Waals surface area contributed by atoms with Gasteiger partial charge in [-0.2, -0.15) is 11.3 Å². The molecule has 2 N–H and O–H groups in total. The summed E-state index contributed by atoms with van der Waals surface area (Å²) in [5.74, 6) is 0.820. The molecule has 0 amide bonds. The van der Waals surface area contributed by atoms with Crippen LogP contribution >= 0.6 is 11.3 Å². The summed E-state index contributed by atoms with van der Waals surface area (Å²) in [5.41, 5.74) is 7.80. The number of aromatic nitrogens is 1. The molecule has 0 fully saturated rings. The van der Waals surface area contributed by atoms with Crippen molar-refractivity contribution in [1.29, 1.82) is 0 Å². The van der Waals surface area contributed by atoms with Crippen LogP contribution in [-0.2, 0) is 12.8 Å². The maximum Gasteiger partial charge on any atom is 0.137 e. The first-order valence-electron chi connectivity index (χ1n) is 5.67. The summed E-state index contributed by atoms with van der Waals surface area (Å²) in [6, 6.07) is 6.04. The van der Waals surface area contributed by atoms with Crippen molar-refractivity contribution >= 4 is 11.3 Å². The van der Waals surface area contributed by atoms with Crippen molar-refractivity contribution < 1.29 is 4.74 Å². The van der Waals surface area contributed by atoms with E-state index in [1.54, 1.807) is 17.5 Å². The molecule has 90 valence electrons. The van der Waals surface area contributed by atoms with Crippen LogP contribution in [0.2, 0.25) is 0 Å². The third-order valence-corrected chi connectivity index (χ3v) is 3.17. The lowest BCUT2D eigenvalue weighted by molar-refractivity contribution is 0.320. The number of ether oxygens (including phenoxy) is 1. The molecule has 0 saturated carbocycles. The summed E-state index contributed by atoms with van der Waals surface area (Å²) >= 11 is 1.71. The Morgan fingerprint density at radius 2 is 2.18 bits per heavy atom. The molecule has 0 spiro atoms. The topological polar surface area (TPSA) is 48.1 Å². The number of hydrogen-bond acceptors (Lipinski definition) is 4. The highest BCUT2D eigenvalue weighted by atomic mass is 32.1. The maximum atomic E-state index is 5.62. The molecule has 4 heteroatoms. The summed E-state index contributed by atoms with van der Waals surface area (Å²) < 4.78 is 5.62. The van der Waals surface area contributed by atoms with Crippen molar-refractivity contribution in [2.75, 3.05) is 13.2 Å². The van der Waals surface area contributed by atoms with Gasteiger partial charge >= 0.3 is 0 Å². The molecule has 0 aliphatic heterocycles. The van der Waals surface area contributed by atoms with E-state index in [0.29, 0.717) is 13.2 Å². The van der Waals surface area contributed by atoms with Crippen LogP contribution < -0.4 is 10.5 Å². The molecule has 0 radical (unpaired) electrons. The van der Waals surface area contributed by atoms with E-state index in [1.807, 2.05) is 12.1 Å². The second-order valence-corrected chi connectivity index (χ2v) is 4.53. The van der Waals surface area contributed by atoms with Gasteiger partial charge in [-0.25, -0.2) is 0 Å². The predicted octanol–water partition coefficient (Wildman–Crippen LogP) is 2.27.